The van der Waals surface area contributed by atoms with E-state index in [1.807, 2.05) is 36.2 Å². The second kappa shape index (κ2) is 7.24. The number of halogens is 1. The second-order valence-electron chi connectivity index (χ2n) is 5.04. The summed E-state index contributed by atoms with van der Waals surface area (Å²) in [6.07, 6.45) is -0.592. The van der Waals surface area contributed by atoms with Gasteiger partial charge in [0.25, 0.3) is 0 Å². The topological polar surface area (TPSA) is 47.3 Å². The molecule has 0 amide bonds. The van der Waals surface area contributed by atoms with Gasteiger partial charge in [0, 0.05) is 18.1 Å². The van der Waals surface area contributed by atoms with Gasteiger partial charge in [-0.25, -0.2) is 0 Å². The molecule has 1 N–H and O–H groups in total. The minimum absolute atomic E-state index is 0.497. The Balaban J connectivity index is 1.97. The highest BCUT2D eigenvalue weighted by atomic mass is 35.5. The standard InChI is InChI=1S/C17H17ClN2O/c1-20(11-15-4-2-3-5-16(15)18)12-17(21)14-8-6-13(10-19)7-9-14/h2-9,17,21H,11-12H2,1H3. The number of nitrogens with zero attached hydrogens (tertiary/aromatic N) is 2. The molecule has 0 aliphatic rings. The van der Waals surface area contributed by atoms with Gasteiger partial charge in [0.2, 0.25) is 0 Å². The second-order valence-corrected chi connectivity index (χ2v) is 5.44. The normalized spacial score (nSPS) is 12.1. The van der Waals surface area contributed by atoms with Crippen molar-refractivity contribution in [1.82, 2.24) is 4.90 Å². The summed E-state index contributed by atoms with van der Waals surface area (Å²) in [5.41, 5.74) is 2.43. The van der Waals surface area contributed by atoms with E-state index in [1.165, 1.54) is 0 Å². The summed E-state index contributed by atoms with van der Waals surface area (Å²) in [7, 11) is 1.94. The van der Waals surface area contributed by atoms with Gasteiger partial charge in [0.05, 0.1) is 17.7 Å². The minimum Gasteiger partial charge on any atom is -0.387 e. The number of nitriles is 1. The Morgan fingerprint density at radius 1 is 1.19 bits per heavy atom. The summed E-state index contributed by atoms with van der Waals surface area (Å²) in [5.74, 6) is 0. The van der Waals surface area contributed by atoms with Crippen LogP contribution in [0.1, 0.15) is 22.8 Å². The van der Waals surface area contributed by atoms with E-state index in [9.17, 15) is 5.11 Å². The molecule has 0 bridgehead atoms. The lowest BCUT2D eigenvalue weighted by atomic mass is 10.1. The summed E-state index contributed by atoms with van der Waals surface area (Å²) in [6, 6.07) is 16.8. The number of rotatable bonds is 5. The molecule has 0 spiro atoms. The molecule has 2 aromatic rings. The molecule has 0 saturated carbocycles. The van der Waals surface area contributed by atoms with E-state index in [2.05, 4.69) is 6.07 Å². The van der Waals surface area contributed by atoms with Crippen molar-refractivity contribution in [2.24, 2.45) is 0 Å². The Morgan fingerprint density at radius 2 is 1.86 bits per heavy atom. The van der Waals surface area contributed by atoms with Gasteiger partial charge in [0.15, 0.2) is 0 Å². The molecule has 0 heterocycles. The van der Waals surface area contributed by atoms with Crippen LogP contribution in [0.5, 0.6) is 0 Å². The van der Waals surface area contributed by atoms with E-state index in [0.29, 0.717) is 18.7 Å². The van der Waals surface area contributed by atoms with Crippen LogP contribution in [0.3, 0.4) is 0 Å². The van der Waals surface area contributed by atoms with Crippen LogP contribution in [0.4, 0.5) is 0 Å². The summed E-state index contributed by atoms with van der Waals surface area (Å²) < 4.78 is 0. The first kappa shape index (κ1) is 15.5. The summed E-state index contributed by atoms with van der Waals surface area (Å²) in [5, 5.41) is 19.7. The highest BCUT2D eigenvalue weighted by Gasteiger charge is 2.12. The fourth-order valence-corrected chi connectivity index (χ4v) is 2.36. The zero-order valence-corrected chi connectivity index (χ0v) is 12.6. The van der Waals surface area contributed by atoms with E-state index in [1.54, 1.807) is 24.3 Å². The van der Waals surface area contributed by atoms with Crippen molar-refractivity contribution in [2.75, 3.05) is 13.6 Å². The first-order chi connectivity index (χ1) is 10.1. The van der Waals surface area contributed by atoms with Crippen LogP contribution in [0, 0.1) is 11.3 Å². The maximum Gasteiger partial charge on any atom is 0.0991 e. The van der Waals surface area contributed by atoms with Gasteiger partial charge < -0.3 is 5.11 Å². The minimum atomic E-state index is -0.592. The van der Waals surface area contributed by atoms with Crippen LogP contribution in [0.15, 0.2) is 48.5 Å². The lowest BCUT2D eigenvalue weighted by Gasteiger charge is -2.21. The van der Waals surface area contributed by atoms with Crippen molar-refractivity contribution < 1.29 is 5.11 Å². The van der Waals surface area contributed by atoms with Gasteiger partial charge in [0.1, 0.15) is 0 Å². The van der Waals surface area contributed by atoms with Crippen LogP contribution >= 0.6 is 11.6 Å². The van der Waals surface area contributed by atoms with E-state index in [-0.39, 0.29) is 0 Å². The largest absolute Gasteiger partial charge is 0.387 e. The van der Waals surface area contributed by atoms with Crippen LogP contribution in [0.25, 0.3) is 0 Å². The van der Waals surface area contributed by atoms with E-state index in [4.69, 9.17) is 16.9 Å². The molecule has 0 aromatic heterocycles. The maximum atomic E-state index is 10.2. The van der Waals surface area contributed by atoms with Crippen molar-refractivity contribution >= 4 is 11.6 Å². The molecular weight excluding hydrogens is 284 g/mol. The molecule has 2 rings (SSSR count). The molecule has 0 fully saturated rings. The smallest absolute Gasteiger partial charge is 0.0991 e. The third kappa shape index (κ3) is 4.30. The quantitative estimate of drug-likeness (QED) is 0.921. The monoisotopic (exact) mass is 300 g/mol. The lowest BCUT2D eigenvalue weighted by Crippen LogP contribution is -2.24. The molecule has 108 valence electrons. The average Bonchev–Trinajstić information content (AvgIpc) is 2.49. The zero-order chi connectivity index (χ0) is 15.2. The summed E-state index contributed by atoms with van der Waals surface area (Å²) >= 11 is 6.14. The molecule has 0 radical (unpaired) electrons. The van der Waals surface area contributed by atoms with Gasteiger partial charge >= 0.3 is 0 Å². The van der Waals surface area contributed by atoms with Crippen molar-refractivity contribution in [1.29, 1.82) is 5.26 Å². The van der Waals surface area contributed by atoms with Gasteiger partial charge in [-0.2, -0.15) is 5.26 Å². The van der Waals surface area contributed by atoms with Crippen LogP contribution in [-0.2, 0) is 6.54 Å². The Kier molecular flexibility index (Phi) is 5.35. The number of benzene rings is 2. The van der Waals surface area contributed by atoms with Gasteiger partial charge in [-0.3, -0.25) is 4.90 Å². The molecule has 4 heteroatoms. The highest BCUT2D eigenvalue weighted by molar-refractivity contribution is 6.31. The highest BCUT2D eigenvalue weighted by Crippen LogP contribution is 2.19. The zero-order valence-electron chi connectivity index (χ0n) is 11.8. The van der Waals surface area contributed by atoms with Crippen molar-refractivity contribution in [3.05, 3.63) is 70.2 Å². The molecular formula is C17H17ClN2O. The Bertz CT molecular complexity index is 634. The third-order valence-electron chi connectivity index (χ3n) is 3.31. The van der Waals surface area contributed by atoms with E-state index < -0.39 is 6.10 Å². The first-order valence-electron chi connectivity index (χ1n) is 6.70. The first-order valence-corrected chi connectivity index (χ1v) is 7.08. The van der Waals surface area contributed by atoms with E-state index in [0.717, 1.165) is 16.1 Å². The number of likely N-dealkylation sites (N-methyl/N-ethyl adjacent to an activating group) is 1. The Hall–Kier alpha value is -1.86. The van der Waals surface area contributed by atoms with Crippen molar-refractivity contribution in [3.63, 3.8) is 0 Å². The van der Waals surface area contributed by atoms with Crippen molar-refractivity contribution in [2.45, 2.75) is 12.6 Å². The Morgan fingerprint density at radius 3 is 2.48 bits per heavy atom. The predicted molar refractivity (Wildman–Crippen MR) is 83.9 cm³/mol. The molecule has 2 aromatic carbocycles. The lowest BCUT2D eigenvalue weighted by molar-refractivity contribution is 0.124. The maximum absolute atomic E-state index is 10.2. The molecule has 21 heavy (non-hydrogen) atoms. The molecule has 0 aliphatic heterocycles. The molecule has 0 aliphatic carbocycles. The molecule has 3 nitrogen and oxygen atoms in total. The number of aliphatic hydroxyl groups is 1. The predicted octanol–water partition coefficient (Wildman–Crippen LogP) is 3.38. The van der Waals surface area contributed by atoms with Gasteiger partial charge in [-0.05, 0) is 36.4 Å². The van der Waals surface area contributed by atoms with Crippen LogP contribution in [0.2, 0.25) is 5.02 Å². The number of hydrogen-bond acceptors (Lipinski definition) is 3. The van der Waals surface area contributed by atoms with Gasteiger partial charge in [-0.15, -0.1) is 0 Å². The van der Waals surface area contributed by atoms with Crippen LogP contribution < -0.4 is 0 Å². The van der Waals surface area contributed by atoms with E-state index >= 15 is 0 Å². The molecule has 1 unspecified atom stereocenters. The van der Waals surface area contributed by atoms with Gasteiger partial charge in [-0.1, -0.05) is 41.9 Å². The summed E-state index contributed by atoms with van der Waals surface area (Å²) in [4.78, 5) is 2.02. The van der Waals surface area contributed by atoms with Crippen LogP contribution in [-0.4, -0.2) is 23.6 Å². The van der Waals surface area contributed by atoms with Crippen molar-refractivity contribution in [3.8, 4) is 6.07 Å². The molecule has 1 atom stereocenters. The fourth-order valence-electron chi connectivity index (χ4n) is 2.16. The SMILES string of the molecule is CN(Cc1ccccc1Cl)CC(O)c1ccc(C#N)cc1. The number of aliphatic hydroxyl groups excluding tert-OH is 1. The number of hydrogen-bond donors (Lipinski definition) is 1. The molecule has 0 saturated heterocycles. The Labute approximate surface area is 130 Å². The average molecular weight is 301 g/mol. The summed E-state index contributed by atoms with van der Waals surface area (Å²) in [6.45, 7) is 1.17. The third-order valence-corrected chi connectivity index (χ3v) is 3.68. The fraction of sp³-hybridized carbons (Fsp3) is 0.235.